The molecule has 0 aromatic carbocycles. The van der Waals surface area contributed by atoms with E-state index in [1.807, 2.05) is 0 Å². The first-order valence-electron chi connectivity index (χ1n) is 2.14. The summed E-state index contributed by atoms with van der Waals surface area (Å²) in [6, 6.07) is 0. The predicted molar refractivity (Wildman–Crippen MR) is 24.7 cm³/mol. The van der Waals surface area contributed by atoms with Crippen LogP contribution in [0.4, 0.5) is 0 Å². The molecule has 8 heavy (non-hydrogen) atoms. The second kappa shape index (κ2) is 2.20. The van der Waals surface area contributed by atoms with Crippen LogP contribution in [0.25, 0.3) is 0 Å². The van der Waals surface area contributed by atoms with E-state index in [0.29, 0.717) is 0 Å². The molecule has 0 saturated heterocycles. The van der Waals surface area contributed by atoms with Crippen LogP contribution in [0.15, 0.2) is 22.7 Å². The lowest BCUT2D eigenvalue weighted by molar-refractivity contribution is -0.117. The second-order valence-electron chi connectivity index (χ2n) is 1.26. The highest BCUT2D eigenvalue weighted by atomic mass is 16.6. The molecule has 4 heteroatoms. The van der Waals surface area contributed by atoms with Crippen molar-refractivity contribution in [2.75, 3.05) is 0 Å². The molecule has 0 bridgehead atoms. The Morgan fingerprint density at radius 2 is 2.62 bits per heavy atom. The molecular weight excluding hydrogens is 108 g/mol. The van der Waals surface area contributed by atoms with Crippen molar-refractivity contribution in [1.82, 2.24) is 0 Å². The number of hydrogen-bond acceptors (Lipinski definition) is 3. The lowest BCUT2D eigenvalue weighted by Gasteiger charge is -1.75. The van der Waals surface area contributed by atoms with Gasteiger partial charge in [0.15, 0.2) is 0 Å². The number of hydrogen-bond donors (Lipinski definition) is 0. The van der Waals surface area contributed by atoms with E-state index in [0.717, 1.165) is 0 Å². The first-order valence-corrected chi connectivity index (χ1v) is 2.14. The number of amides is 1. The van der Waals surface area contributed by atoms with E-state index < -0.39 is 0 Å². The zero-order valence-corrected chi connectivity index (χ0v) is 4.07. The van der Waals surface area contributed by atoms with Gasteiger partial charge in [-0.25, -0.2) is 0 Å². The van der Waals surface area contributed by atoms with Crippen molar-refractivity contribution in [3.05, 3.63) is 12.3 Å². The fourth-order valence-corrected chi connectivity index (χ4v) is 0.329. The van der Waals surface area contributed by atoms with Gasteiger partial charge in [-0.2, -0.15) is 0 Å². The molecule has 0 N–H and O–H groups in total. The van der Waals surface area contributed by atoms with Crippen molar-refractivity contribution in [1.29, 1.82) is 0 Å². The van der Waals surface area contributed by atoms with Crippen molar-refractivity contribution in [3.63, 3.8) is 0 Å². The Kier molecular flexibility index (Phi) is 1.37. The molecule has 1 aliphatic heterocycles. The van der Waals surface area contributed by atoms with Crippen LogP contribution in [0.2, 0.25) is 0 Å². The van der Waals surface area contributed by atoms with Gasteiger partial charge < -0.3 is 4.84 Å². The summed E-state index contributed by atoms with van der Waals surface area (Å²) >= 11 is 0. The van der Waals surface area contributed by atoms with E-state index in [1.54, 1.807) is 6.08 Å². The minimum Gasteiger partial charge on any atom is -0.348 e. The Bertz CT molecular complexity index is 150. The van der Waals surface area contributed by atoms with Crippen molar-refractivity contribution in [3.8, 4) is 0 Å². The summed E-state index contributed by atoms with van der Waals surface area (Å²) in [5.74, 6) is -0.279. The summed E-state index contributed by atoms with van der Waals surface area (Å²) in [4.78, 5) is 14.6. The minimum atomic E-state index is -0.279. The molecule has 0 saturated carbocycles. The zero-order chi connectivity index (χ0) is 5.82. The van der Waals surface area contributed by atoms with E-state index >= 15 is 0 Å². The van der Waals surface area contributed by atoms with Gasteiger partial charge in [0.1, 0.15) is 6.26 Å². The van der Waals surface area contributed by atoms with Gasteiger partial charge >= 0.3 is 0 Å². The number of carbonyl (C=O) groups is 1. The van der Waals surface area contributed by atoms with E-state index in [2.05, 4.69) is 15.2 Å². The van der Waals surface area contributed by atoms with E-state index in [-0.39, 0.29) is 12.3 Å². The third kappa shape index (κ3) is 1.14. The molecule has 1 heterocycles. The Morgan fingerprint density at radius 1 is 1.75 bits per heavy atom. The molecule has 0 aromatic rings. The van der Waals surface area contributed by atoms with Crippen LogP contribution >= 0.6 is 0 Å². The van der Waals surface area contributed by atoms with Crippen LogP contribution < -0.4 is 0 Å². The zero-order valence-electron chi connectivity index (χ0n) is 4.07. The Hall–Kier alpha value is -1.19. The fraction of sp³-hybridized carbons (Fsp3) is 0.250. The van der Waals surface area contributed by atoms with Crippen LogP contribution in [0, 0.1) is 0 Å². The topological polar surface area (TPSA) is 51.0 Å². The fourth-order valence-electron chi connectivity index (χ4n) is 0.329. The Labute approximate surface area is 45.8 Å². The van der Waals surface area contributed by atoms with Crippen molar-refractivity contribution in [2.24, 2.45) is 10.4 Å². The maximum atomic E-state index is 10.3. The van der Waals surface area contributed by atoms with Gasteiger partial charge in [0.05, 0.1) is 6.42 Å². The molecule has 0 fully saturated rings. The molecule has 0 unspecified atom stereocenters. The van der Waals surface area contributed by atoms with Gasteiger partial charge in [-0.15, -0.1) is 0 Å². The van der Waals surface area contributed by atoms with E-state index in [9.17, 15) is 4.79 Å². The highest BCUT2D eigenvalue weighted by Gasteiger charge is 1.96. The third-order valence-electron chi connectivity index (χ3n) is 0.649. The monoisotopic (exact) mass is 112 g/mol. The molecule has 1 rings (SSSR count). The highest BCUT2D eigenvalue weighted by Crippen LogP contribution is 1.95. The lowest BCUT2D eigenvalue weighted by Crippen LogP contribution is -1.84. The maximum absolute atomic E-state index is 10.3. The predicted octanol–water partition coefficient (Wildman–Crippen LogP) is 0.814. The summed E-state index contributed by atoms with van der Waals surface area (Å²) in [6.07, 6.45) is 3.17. The highest BCUT2D eigenvalue weighted by molar-refractivity contribution is 5.77. The van der Waals surface area contributed by atoms with Crippen molar-refractivity contribution < 1.29 is 9.63 Å². The smallest absolute Gasteiger partial charge is 0.271 e. The third-order valence-corrected chi connectivity index (χ3v) is 0.649. The Balaban J connectivity index is 2.61. The van der Waals surface area contributed by atoms with E-state index in [1.165, 1.54) is 6.26 Å². The van der Waals surface area contributed by atoms with Crippen molar-refractivity contribution in [2.45, 2.75) is 6.42 Å². The number of nitrogens with zero attached hydrogens (tertiary/aromatic N) is 2. The first-order chi connectivity index (χ1) is 3.89. The van der Waals surface area contributed by atoms with Crippen LogP contribution in [0.3, 0.4) is 0 Å². The van der Waals surface area contributed by atoms with Crippen LogP contribution in [-0.4, -0.2) is 5.91 Å². The lowest BCUT2D eigenvalue weighted by atomic mass is 10.4. The van der Waals surface area contributed by atoms with Gasteiger partial charge in [0.25, 0.3) is 5.91 Å². The number of carbonyl (C=O) groups excluding carboxylic acids is 1. The summed E-state index contributed by atoms with van der Waals surface area (Å²) in [7, 11) is 0. The number of rotatable bonds is 0. The van der Waals surface area contributed by atoms with E-state index in [4.69, 9.17) is 0 Å². The normalized spacial score (nSPS) is 17.8. The summed E-state index contributed by atoms with van der Waals surface area (Å²) in [6.45, 7) is 0. The van der Waals surface area contributed by atoms with Crippen molar-refractivity contribution >= 4 is 5.91 Å². The molecule has 0 aliphatic carbocycles. The average molecular weight is 112 g/mol. The molecule has 1 amide bonds. The molecule has 0 aromatic heterocycles. The molecule has 1 aliphatic rings. The second-order valence-corrected chi connectivity index (χ2v) is 1.26. The molecule has 0 radical (unpaired) electrons. The maximum Gasteiger partial charge on any atom is 0.271 e. The van der Waals surface area contributed by atoms with Gasteiger partial charge in [-0.3, -0.25) is 4.79 Å². The standard InChI is InChI=1S/C4H4N2O2/c7-4-2-1-3-8-6-5-4/h1,3H,2H2. The SMILES string of the molecule is O=C1CC=CON=N1. The van der Waals surface area contributed by atoms with Gasteiger partial charge in [0.2, 0.25) is 0 Å². The molecule has 0 spiro atoms. The summed E-state index contributed by atoms with van der Waals surface area (Å²) in [5, 5.41) is 6.17. The first kappa shape index (κ1) is 4.96. The van der Waals surface area contributed by atoms with Gasteiger partial charge in [0, 0.05) is 5.28 Å². The minimum absolute atomic E-state index is 0.279. The summed E-state index contributed by atoms with van der Waals surface area (Å²) < 4.78 is 0. The van der Waals surface area contributed by atoms with Gasteiger partial charge in [-0.1, -0.05) is 5.11 Å². The Morgan fingerprint density at radius 3 is 3.50 bits per heavy atom. The molecule has 0 atom stereocenters. The molecule has 42 valence electrons. The quantitative estimate of drug-likeness (QED) is 0.465. The summed E-state index contributed by atoms with van der Waals surface area (Å²) in [5.41, 5.74) is 0. The van der Waals surface area contributed by atoms with Crippen LogP contribution in [-0.2, 0) is 9.63 Å². The largest absolute Gasteiger partial charge is 0.348 e. The average Bonchev–Trinajstić information content (AvgIpc) is 1.94. The van der Waals surface area contributed by atoms with Gasteiger partial charge in [-0.05, 0) is 6.08 Å². The molecular formula is C4H4N2O2. The molecule has 4 nitrogen and oxygen atoms in total. The van der Waals surface area contributed by atoms with Crippen LogP contribution in [0.1, 0.15) is 6.42 Å². The van der Waals surface area contributed by atoms with Crippen LogP contribution in [0.5, 0.6) is 0 Å².